The maximum absolute atomic E-state index is 13.5. The second-order valence-corrected chi connectivity index (χ2v) is 10.5. The molecule has 7 rings (SSSR count). The molecule has 3 fully saturated rings. The Morgan fingerprint density at radius 2 is 2.03 bits per heavy atom. The van der Waals surface area contributed by atoms with E-state index < -0.39 is 0 Å². The van der Waals surface area contributed by atoms with Crippen molar-refractivity contribution < 1.29 is 9.53 Å². The molecular formula is C27H30N6O2. The summed E-state index contributed by atoms with van der Waals surface area (Å²) in [5.74, 6) is 1.45. The van der Waals surface area contributed by atoms with Crippen molar-refractivity contribution in [2.75, 3.05) is 13.7 Å². The van der Waals surface area contributed by atoms with Crippen LogP contribution < -0.4 is 10.5 Å². The normalized spacial score (nSPS) is 23.6. The van der Waals surface area contributed by atoms with Gasteiger partial charge in [0, 0.05) is 41.6 Å². The van der Waals surface area contributed by atoms with Gasteiger partial charge in [-0.25, -0.2) is 9.50 Å². The molecular weight excluding hydrogens is 440 g/mol. The van der Waals surface area contributed by atoms with Crippen molar-refractivity contribution in [3.05, 3.63) is 47.8 Å². The number of nitrogens with two attached hydrogens (primary N) is 1. The zero-order valence-electron chi connectivity index (χ0n) is 20.1. The van der Waals surface area contributed by atoms with Crippen molar-refractivity contribution in [1.82, 2.24) is 24.1 Å². The predicted molar refractivity (Wildman–Crippen MR) is 133 cm³/mol. The standard InChI is InChI=1S/C27H30N6O2/c1-15-24(22-11-17-5-3-4-6-20(17)31(22)12-16-7-8-16)30-33-14-19(29-26(35-2)25(15)33)27(34)32-13-18-9-10-21(32)23(18)28/h3-6,11,14,16,18,21,23H,7-10,12-13,28H2,1-2H3/t18?,21?,23-/m1/s1. The number of carbonyl (C=O) groups excluding carboxylic acids is 1. The van der Waals surface area contributed by atoms with Crippen LogP contribution in [-0.4, -0.2) is 55.7 Å². The number of methoxy groups -OCH3 is 1. The maximum atomic E-state index is 13.5. The van der Waals surface area contributed by atoms with E-state index in [4.69, 9.17) is 15.6 Å². The number of para-hydroxylation sites is 1. The molecule has 35 heavy (non-hydrogen) atoms. The molecule has 3 atom stereocenters. The first-order valence-electron chi connectivity index (χ1n) is 12.6. The topological polar surface area (TPSA) is 90.7 Å². The van der Waals surface area contributed by atoms with Gasteiger partial charge in [0.25, 0.3) is 5.91 Å². The van der Waals surface area contributed by atoms with Crippen LogP contribution in [0.5, 0.6) is 5.88 Å². The molecule has 2 N–H and O–H groups in total. The van der Waals surface area contributed by atoms with Crippen molar-refractivity contribution in [3.63, 3.8) is 0 Å². The van der Waals surface area contributed by atoms with Gasteiger partial charge in [0.05, 0.1) is 19.0 Å². The Morgan fingerprint density at radius 1 is 1.20 bits per heavy atom. The molecule has 2 bridgehead atoms. The Hall–Kier alpha value is -3.39. The summed E-state index contributed by atoms with van der Waals surface area (Å²) in [6, 6.07) is 10.9. The lowest BCUT2D eigenvalue weighted by molar-refractivity contribution is 0.0693. The number of benzene rings is 1. The summed E-state index contributed by atoms with van der Waals surface area (Å²) in [6.45, 7) is 3.76. The van der Waals surface area contributed by atoms with E-state index in [1.54, 1.807) is 17.8 Å². The number of rotatable bonds is 5. The van der Waals surface area contributed by atoms with Crippen LogP contribution in [0.3, 0.4) is 0 Å². The van der Waals surface area contributed by atoms with Gasteiger partial charge in [-0.3, -0.25) is 4.79 Å². The van der Waals surface area contributed by atoms with E-state index in [1.807, 2.05) is 4.90 Å². The summed E-state index contributed by atoms with van der Waals surface area (Å²) in [5.41, 5.74) is 11.7. The van der Waals surface area contributed by atoms with Crippen molar-refractivity contribution in [1.29, 1.82) is 0 Å². The van der Waals surface area contributed by atoms with Crippen molar-refractivity contribution >= 4 is 22.3 Å². The van der Waals surface area contributed by atoms with Gasteiger partial charge in [0.1, 0.15) is 11.2 Å². The van der Waals surface area contributed by atoms with Crippen LogP contribution in [0.15, 0.2) is 36.5 Å². The van der Waals surface area contributed by atoms with E-state index in [0.29, 0.717) is 24.0 Å². The van der Waals surface area contributed by atoms with E-state index in [0.717, 1.165) is 47.8 Å². The molecule has 180 valence electrons. The Balaban J connectivity index is 1.35. The fraction of sp³-hybridized carbons (Fsp3) is 0.444. The molecule has 3 aliphatic rings. The lowest BCUT2D eigenvalue weighted by atomic mass is 10.1. The minimum absolute atomic E-state index is 0.0662. The van der Waals surface area contributed by atoms with Gasteiger partial charge in [-0.15, -0.1) is 0 Å². The largest absolute Gasteiger partial charge is 0.479 e. The minimum Gasteiger partial charge on any atom is -0.479 e. The third kappa shape index (κ3) is 3.12. The molecule has 4 aromatic rings. The molecule has 0 radical (unpaired) electrons. The minimum atomic E-state index is -0.0922. The third-order valence-electron chi connectivity index (χ3n) is 8.33. The molecule has 2 saturated carbocycles. The van der Waals surface area contributed by atoms with Crippen LogP contribution >= 0.6 is 0 Å². The molecule has 2 aliphatic carbocycles. The lowest BCUT2D eigenvalue weighted by Gasteiger charge is -2.26. The summed E-state index contributed by atoms with van der Waals surface area (Å²) < 4.78 is 9.86. The summed E-state index contributed by atoms with van der Waals surface area (Å²) in [6.07, 6.45) is 6.38. The highest BCUT2D eigenvalue weighted by Crippen LogP contribution is 2.39. The quantitative estimate of drug-likeness (QED) is 0.481. The van der Waals surface area contributed by atoms with Gasteiger partial charge in [0.2, 0.25) is 5.88 Å². The molecule has 1 aliphatic heterocycles. The number of likely N-dealkylation sites (tertiary alicyclic amines) is 1. The molecule has 1 amide bonds. The third-order valence-corrected chi connectivity index (χ3v) is 8.33. The number of hydrogen-bond donors (Lipinski definition) is 1. The van der Waals surface area contributed by atoms with E-state index >= 15 is 0 Å². The highest BCUT2D eigenvalue weighted by Gasteiger charge is 2.47. The highest BCUT2D eigenvalue weighted by molar-refractivity contribution is 5.94. The van der Waals surface area contributed by atoms with Gasteiger partial charge in [0.15, 0.2) is 5.69 Å². The van der Waals surface area contributed by atoms with E-state index in [2.05, 4.69) is 46.8 Å². The molecule has 0 spiro atoms. The van der Waals surface area contributed by atoms with Crippen LogP contribution in [0.2, 0.25) is 0 Å². The molecule has 3 aromatic heterocycles. The number of aromatic nitrogens is 4. The highest BCUT2D eigenvalue weighted by atomic mass is 16.5. The molecule has 8 heteroatoms. The number of aryl methyl sites for hydroxylation is 1. The van der Waals surface area contributed by atoms with Crippen LogP contribution in [0, 0.1) is 18.8 Å². The number of piperidine rings is 1. The predicted octanol–water partition coefficient (Wildman–Crippen LogP) is 3.64. The SMILES string of the molecule is COc1nc(C(=O)N2CC3CCC2[C@@H]3N)cn2nc(-c3cc4ccccc4n3CC3CC3)c(C)c12. The summed E-state index contributed by atoms with van der Waals surface area (Å²) in [7, 11) is 1.60. The molecule has 4 heterocycles. The van der Waals surface area contributed by atoms with Gasteiger partial charge < -0.3 is 19.9 Å². The first-order chi connectivity index (χ1) is 17.0. The number of ether oxygens (including phenoxy) is 1. The Labute approximate surface area is 203 Å². The average Bonchev–Trinajstić information content (AvgIpc) is 3.27. The van der Waals surface area contributed by atoms with Crippen LogP contribution in [-0.2, 0) is 6.54 Å². The van der Waals surface area contributed by atoms with Crippen LogP contribution in [0.4, 0.5) is 0 Å². The van der Waals surface area contributed by atoms with Crippen molar-refractivity contribution in [3.8, 4) is 17.3 Å². The smallest absolute Gasteiger partial charge is 0.274 e. The molecule has 8 nitrogen and oxygen atoms in total. The summed E-state index contributed by atoms with van der Waals surface area (Å²) >= 11 is 0. The molecule has 1 aromatic carbocycles. The summed E-state index contributed by atoms with van der Waals surface area (Å²) in [5, 5.41) is 6.20. The fourth-order valence-corrected chi connectivity index (χ4v) is 6.26. The van der Waals surface area contributed by atoms with Gasteiger partial charge in [-0.1, -0.05) is 18.2 Å². The Morgan fingerprint density at radius 3 is 2.74 bits per heavy atom. The van der Waals surface area contributed by atoms with Crippen LogP contribution in [0.1, 0.15) is 41.7 Å². The second kappa shape index (κ2) is 7.55. The van der Waals surface area contributed by atoms with E-state index in [9.17, 15) is 4.79 Å². The second-order valence-electron chi connectivity index (χ2n) is 10.5. The monoisotopic (exact) mass is 470 g/mol. The lowest BCUT2D eigenvalue weighted by Crippen LogP contribution is -2.41. The fourth-order valence-electron chi connectivity index (χ4n) is 6.26. The van der Waals surface area contributed by atoms with E-state index in [-0.39, 0.29) is 18.0 Å². The number of amides is 1. The number of hydrogen-bond acceptors (Lipinski definition) is 5. The summed E-state index contributed by atoms with van der Waals surface area (Å²) in [4.78, 5) is 20.0. The van der Waals surface area contributed by atoms with Gasteiger partial charge >= 0.3 is 0 Å². The van der Waals surface area contributed by atoms with Crippen molar-refractivity contribution in [2.45, 2.75) is 51.2 Å². The molecule has 2 unspecified atom stereocenters. The maximum Gasteiger partial charge on any atom is 0.274 e. The average molecular weight is 471 g/mol. The Kier molecular flexibility index (Phi) is 4.52. The van der Waals surface area contributed by atoms with Crippen LogP contribution in [0.25, 0.3) is 27.8 Å². The number of nitrogens with zero attached hydrogens (tertiary/aromatic N) is 5. The van der Waals surface area contributed by atoms with Crippen molar-refractivity contribution in [2.24, 2.45) is 17.6 Å². The first kappa shape index (κ1) is 20.9. The first-order valence-corrected chi connectivity index (χ1v) is 12.6. The van der Waals surface area contributed by atoms with Gasteiger partial charge in [-0.05, 0) is 56.6 Å². The van der Waals surface area contributed by atoms with E-state index in [1.165, 1.54) is 23.7 Å². The molecule has 1 saturated heterocycles. The number of fused-ring (bicyclic) bond motifs is 4. The van der Waals surface area contributed by atoms with Gasteiger partial charge in [-0.2, -0.15) is 5.10 Å². The zero-order chi connectivity index (χ0) is 23.8. The Bertz CT molecular complexity index is 1480. The number of carbonyl (C=O) groups is 1. The zero-order valence-corrected chi connectivity index (χ0v) is 20.1.